The van der Waals surface area contributed by atoms with Crippen LogP contribution < -0.4 is 0 Å². The van der Waals surface area contributed by atoms with Gasteiger partial charge in [-0.2, -0.15) is 5.10 Å². The summed E-state index contributed by atoms with van der Waals surface area (Å²) in [6, 6.07) is 11.2. The average molecular weight is 360 g/mol. The normalized spacial score (nSPS) is 27.8. The second-order valence-corrected chi connectivity index (χ2v) is 8.27. The monoisotopic (exact) mass is 360 g/mol. The third-order valence-corrected chi connectivity index (χ3v) is 6.75. The van der Waals surface area contributed by atoms with E-state index in [9.17, 15) is 0 Å². The van der Waals surface area contributed by atoms with Crippen molar-refractivity contribution in [2.45, 2.75) is 50.2 Å². The number of hydrogen-bond acceptors (Lipinski definition) is 4. The van der Waals surface area contributed by atoms with Gasteiger partial charge in [0.2, 0.25) is 0 Å². The molecule has 1 aromatic carbocycles. The minimum atomic E-state index is 0.679. The Kier molecular flexibility index (Phi) is 3.59. The number of ether oxygens (including phenoxy) is 1. The first-order valence-electron chi connectivity index (χ1n) is 10.1. The molecular weight excluding hydrogens is 336 g/mol. The molecule has 1 aliphatic carbocycles. The van der Waals surface area contributed by atoms with Gasteiger partial charge in [-0.25, -0.2) is 4.98 Å². The molecule has 2 saturated heterocycles. The van der Waals surface area contributed by atoms with Crippen LogP contribution in [0.4, 0.5) is 0 Å². The first-order valence-corrected chi connectivity index (χ1v) is 10.1. The Morgan fingerprint density at radius 1 is 0.926 bits per heavy atom. The lowest BCUT2D eigenvalue weighted by atomic mass is 9.87. The minimum absolute atomic E-state index is 0.679. The molecule has 5 heteroatoms. The van der Waals surface area contributed by atoms with E-state index in [4.69, 9.17) is 4.74 Å². The molecule has 5 nitrogen and oxygen atoms in total. The van der Waals surface area contributed by atoms with Crippen molar-refractivity contribution in [3.63, 3.8) is 0 Å². The number of hydrogen-bond donors (Lipinski definition) is 1. The average Bonchev–Trinajstić information content (AvgIpc) is 3.09. The van der Waals surface area contributed by atoms with Crippen molar-refractivity contribution < 1.29 is 4.74 Å². The van der Waals surface area contributed by atoms with E-state index in [0.29, 0.717) is 12.1 Å². The number of benzene rings is 1. The summed E-state index contributed by atoms with van der Waals surface area (Å²) < 4.78 is 5.68. The van der Waals surface area contributed by atoms with Crippen molar-refractivity contribution in [1.29, 1.82) is 0 Å². The van der Waals surface area contributed by atoms with Gasteiger partial charge < -0.3 is 4.74 Å². The highest BCUT2D eigenvalue weighted by atomic mass is 16.5. The zero-order chi connectivity index (χ0) is 17.8. The van der Waals surface area contributed by atoms with E-state index in [1.807, 2.05) is 12.4 Å². The van der Waals surface area contributed by atoms with Gasteiger partial charge >= 0.3 is 0 Å². The number of fused-ring (bicyclic) bond motifs is 4. The lowest BCUT2D eigenvalue weighted by Gasteiger charge is -2.56. The second-order valence-electron chi connectivity index (χ2n) is 8.27. The van der Waals surface area contributed by atoms with Crippen LogP contribution in [0.5, 0.6) is 0 Å². The molecule has 0 amide bonds. The molecule has 0 radical (unpaired) electrons. The Balaban J connectivity index is 1.26. The Bertz CT molecular complexity index is 983. The summed E-state index contributed by atoms with van der Waals surface area (Å²) >= 11 is 0. The van der Waals surface area contributed by atoms with Crippen molar-refractivity contribution in [2.24, 2.45) is 0 Å². The Hall–Kier alpha value is -2.24. The molecule has 3 aliphatic rings. The first-order chi connectivity index (χ1) is 13.3. The zero-order valence-electron chi connectivity index (χ0n) is 15.4. The fourth-order valence-corrected chi connectivity index (χ4v) is 5.33. The van der Waals surface area contributed by atoms with Crippen LogP contribution in [0.2, 0.25) is 0 Å². The molecule has 6 rings (SSSR count). The lowest BCUT2D eigenvalue weighted by Crippen LogP contribution is -2.66. The van der Waals surface area contributed by atoms with E-state index in [1.54, 1.807) is 0 Å². The Morgan fingerprint density at radius 2 is 1.78 bits per heavy atom. The molecule has 2 bridgehead atoms. The van der Waals surface area contributed by atoms with Crippen LogP contribution in [0.25, 0.3) is 22.2 Å². The summed E-state index contributed by atoms with van der Waals surface area (Å²) in [5, 5.41) is 8.07. The van der Waals surface area contributed by atoms with Crippen LogP contribution >= 0.6 is 0 Å². The van der Waals surface area contributed by atoms with Crippen LogP contribution in [-0.4, -0.2) is 51.4 Å². The van der Waals surface area contributed by atoms with Crippen molar-refractivity contribution >= 4 is 11.0 Å². The predicted molar refractivity (Wildman–Crippen MR) is 105 cm³/mol. The van der Waals surface area contributed by atoms with Crippen LogP contribution in [-0.2, 0) is 17.6 Å². The summed E-state index contributed by atoms with van der Waals surface area (Å²) in [7, 11) is 0. The van der Waals surface area contributed by atoms with E-state index >= 15 is 0 Å². The number of aryl methyl sites for hydroxylation is 2. The van der Waals surface area contributed by atoms with Crippen molar-refractivity contribution in [2.75, 3.05) is 13.2 Å². The van der Waals surface area contributed by atoms with Gasteiger partial charge in [-0.1, -0.05) is 18.2 Å². The lowest BCUT2D eigenvalue weighted by molar-refractivity contribution is -0.148. The van der Waals surface area contributed by atoms with Crippen molar-refractivity contribution in [3.05, 3.63) is 47.8 Å². The summed E-state index contributed by atoms with van der Waals surface area (Å²) in [4.78, 5) is 7.27. The van der Waals surface area contributed by atoms with Crippen molar-refractivity contribution in [1.82, 2.24) is 20.1 Å². The number of pyridine rings is 1. The number of aromatic amines is 1. The maximum atomic E-state index is 5.68. The molecule has 0 saturated carbocycles. The smallest absolute Gasteiger partial charge is 0.155 e. The minimum Gasteiger partial charge on any atom is -0.378 e. The molecule has 0 spiro atoms. The maximum absolute atomic E-state index is 5.68. The molecule has 3 atom stereocenters. The second kappa shape index (κ2) is 6.14. The van der Waals surface area contributed by atoms with Gasteiger partial charge in [0.05, 0.1) is 19.4 Å². The number of aromatic nitrogens is 3. The first kappa shape index (κ1) is 15.8. The highest BCUT2D eigenvalue weighted by Gasteiger charge is 2.45. The van der Waals surface area contributed by atoms with E-state index in [-0.39, 0.29) is 0 Å². The summed E-state index contributed by atoms with van der Waals surface area (Å²) in [6.07, 6.45) is 10.0. The van der Waals surface area contributed by atoms with Gasteiger partial charge in [0.25, 0.3) is 0 Å². The van der Waals surface area contributed by atoms with E-state index in [0.717, 1.165) is 30.3 Å². The SMILES string of the molecule is c1cc2c(cc1-c1cnc3[nH]ncc3c1)CC[C@@H](N1C3COCC1C3)CC2. The summed E-state index contributed by atoms with van der Waals surface area (Å²) in [5.74, 6) is 0. The standard InChI is InChI=1S/C22H24N4O/c1-2-16(17-8-18-11-24-25-22(18)23-10-17)7-15-4-6-19(5-3-14(1)15)26-20-9-21(26)13-27-12-20/h1-2,7-8,10-11,19-21H,3-6,9,12-13H2,(H,23,24,25)/t19-,20?,21?/m0/s1. The van der Waals surface area contributed by atoms with Gasteiger partial charge in [0.15, 0.2) is 5.65 Å². The Morgan fingerprint density at radius 3 is 2.63 bits per heavy atom. The number of nitrogens with zero attached hydrogens (tertiary/aromatic N) is 3. The van der Waals surface area contributed by atoms with Crippen LogP contribution in [0.3, 0.4) is 0 Å². The molecule has 27 heavy (non-hydrogen) atoms. The summed E-state index contributed by atoms with van der Waals surface area (Å²) in [5.41, 5.74) is 6.32. The summed E-state index contributed by atoms with van der Waals surface area (Å²) in [6.45, 7) is 1.88. The van der Waals surface area contributed by atoms with E-state index in [1.165, 1.54) is 54.4 Å². The van der Waals surface area contributed by atoms with Crippen molar-refractivity contribution in [3.8, 4) is 11.1 Å². The fraction of sp³-hybridized carbons (Fsp3) is 0.455. The number of morpholine rings is 1. The zero-order valence-corrected chi connectivity index (χ0v) is 15.4. The number of nitrogens with one attached hydrogen (secondary N) is 1. The molecule has 3 aromatic rings. The van der Waals surface area contributed by atoms with Crippen LogP contribution in [0.15, 0.2) is 36.7 Å². The van der Waals surface area contributed by atoms with Crippen LogP contribution in [0, 0.1) is 0 Å². The molecule has 2 fully saturated rings. The molecule has 4 heterocycles. The van der Waals surface area contributed by atoms with Gasteiger partial charge in [-0.3, -0.25) is 10.00 Å². The molecule has 1 N–H and O–H groups in total. The number of rotatable bonds is 2. The van der Waals surface area contributed by atoms with E-state index < -0.39 is 0 Å². The van der Waals surface area contributed by atoms with Gasteiger partial charge in [0.1, 0.15) is 0 Å². The van der Waals surface area contributed by atoms with Crippen LogP contribution in [0.1, 0.15) is 30.4 Å². The maximum Gasteiger partial charge on any atom is 0.155 e. The molecular formula is C22H24N4O. The molecule has 2 aromatic heterocycles. The predicted octanol–water partition coefficient (Wildman–Crippen LogP) is 3.35. The largest absolute Gasteiger partial charge is 0.378 e. The fourth-order valence-electron chi connectivity index (χ4n) is 5.33. The van der Waals surface area contributed by atoms with Gasteiger partial charge in [-0.05, 0) is 54.9 Å². The third kappa shape index (κ3) is 2.60. The Labute approximate surface area is 158 Å². The topological polar surface area (TPSA) is 54.0 Å². The molecule has 2 aliphatic heterocycles. The van der Waals surface area contributed by atoms with E-state index in [2.05, 4.69) is 44.3 Å². The van der Waals surface area contributed by atoms with Gasteiger partial charge in [-0.15, -0.1) is 0 Å². The molecule has 138 valence electrons. The quantitative estimate of drug-likeness (QED) is 0.712. The highest BCUT2D eigenvalue weighted by molar-refractivity contribution is 5.80. The van der Waals surface area contributed by atoms with Gasteiger partial charge in [0, 0.05) is 35.3 Å². The highest BCUT2D eigenvalue weighted by Crippen LogP contribution is 2.37. The third-order valence-electron chi connectivity index (χ3n) is 6.75. The molecule has 2 unspecified atom stereocenters. The number of H-pyrrole nitrogens is 1.